The van der Waals surface area contributed by atoms with Crippen LogP contribution >= 0.6 is 11.6 Å². The highest BCUT2D eigenvalue weighted by Crippen LogP contribution is 2.01. The molecule has 0 aliphatic rings. The SMILES string of the molecule is CNC(=O)c1cc(CNC(=O)CCl)ccn1. The van der Waals surface area contributed by atoms with Crippen molar-refractivity contribution in [3.63, 3.8) is 0 Å². The highest BCUT2D eigenvalue weighted by Gasteiger charge is 2.05. The lowest BCUT2D eigenvalue weighted by Gasteiger charge is -2.04. The van der Waals surface area contributed by atoms with Gasteiger partial charge in [0.15, 0.2) is 0 Å². The predicted molar refractivity (Wildman–Crippen MR) is 60.2 cm³/mol. The minimum absolute atomic E-state index is 0.0760. The van der Waals surface area contributed by atoms with Crippen LogP contribution in [0, 0.1) is 0 Å². The van der Waals surface area contributed by atoms with Crippen molar-refractivity contribution in [2.45, 2.75) is 6.54 Å². The van der Waals surface area contributed by atoms with Gasteiger partial charge >= 0.3 is 0 Å². The molecule has 0 bridgehead atoms. The number of carbonyl (C=O) groups excluding carboxylic acids is 2. The summed E-state index contributed by atoms with van der Waals surface area (Å²) in [5.41, 5.74) is 1.12. The molecule has 2 N–H and O–H groups in total. The summed E-state index contributed by atoms with van der Waals surface area (Å²) < 4.78 is 0. The summed E-state index contributed by atoms with van der Waals surface area (Å²) in [7, 11) is 1.53. The van der Waals surface area contributed by atoms with Crippen LogP contribution in [-0.4, -0.2) is 29.7 Å². The molecule has 0 fully saturated rings. The van der Waals surface area contributed by atoms with Gasteiger partial charge in [0.1, 0.15) is 11.6 Å². The Morgan fingerprint density at radius 3 is 2.88 bits per heavy atom. The average molecular weight is 242 g/mol. The minimum Gasteiger partial charge on any atom is -0.354 e. The van der Waals surface area contributed by atoms with Crippen LogP contribution in [0.1, 0.15) is 16.1 Å². The third-order valence-corrected chi connectivity index (χ3v) is 2.14. The average Bonchev–Trinajstić information content (AvgIpc) is 2.35. The van der Waals surface area contributed by atoms with Gasteiger partial charge in [0.25, 0.3) is 5.91 Å². The Bertz CT molecular complexity index is 395. The fourth-order valence-corrected chi connectivity index (χ4v) is 1.18. The van der Waals surface area contributed by atoms with Gasteiger partial charge in [-0.05, 0) is 17.7 Å². The summed E-state index contributed by atoms with van der Waals surface area (Å²) >= 11 is 5.33. The third kappa shape index (κ3) is 3.51. The number of amides is 2. The molecular formula is C10H12ClN3O2. The zero-order valence-electron chi connectivity index (χ0n) is 8.79. The Kier molecular flexibility index (Phi) is 4.72. The van der Waals surface area contributed by atoms with Gasteiger partial charge in [0.05, 0.1) is 0 Å². The smallest absolute Gasteiger partial charge is 0.269 e. The van der Waals surface area contributed by atoms with Crippen LogP contribution in [0.15, 0.2) is 18.3 Å². The molecule has 1 aromatic heterocycles. The van der Waals surface area contributed by atoms with E-state index in [1.54, 1.807) is 12.1 Å². The minimum atomic E-state index is -0.259. The molecule has 6 heteroatoms. The van der Waals surface area contributed by atoms with E-state index in [-0.39, 0.29) is 17.7 Å². The fourth-order valence-electron chi connectivity index (χ4n) is 1.08. The lowest BCUT2D eigenvalue weighted by atomic mass is 10.2. The van der Waals surface area contributed by atoms with Crippen LogP contribution < -0.4 is 10.6 Å². The highest BCUT2D eigenvalue weighted by atomic mass is 35.5. The topological polar surface area (TPSA) is 71.1 Å². The molecule has 0 spiro atoms. The predicted octanol–water partition coefficient (Wildman–Crippen LogP) is 0.296. The second-order valence-electron chi connectivity index (χ2n) is 3.04. The van der Waals surface area contributed by atoms with E-state index in [0.717, 1.165) is 5.56 Å². The Morgan fingerprint density at radius 2 is 2.25 bits per heavy atom. The number of rotatable bonds is 4. The molecule has 1 aromatic rings. The van der Waals surface area contributed by atoms with Gasteiger partial charge in [-0.15, -0.1) is 11.6 Å². The zero-order chi connectivity index (χ0) is 12.0. The molecule has 0 unspecified atom stereocenters. The summed E-state index contributed by atoms with van der Waals surface area (Å²) in [5.74, 6) is -0.585. The molecule has 0 atom stereocenters. The summed E-state index contributed by atoms with van der Waals surface area (Å²) in [6.45, 7) is 0.331. The summed E-state index contributed by atoms with van der Waals surface area (Å²) in [6.07, 6.45) is 1.52. The number of aromatic nitrogens is 1. The van der Waals surface area contributed by atoms with E-state index in [4.69, 9.17) is 11.6 Å². The van der Waals surface area contributed by atoms with Gasteiger partial charge in [0, 0.05) is 19.8 Å². The van der Waals surface area contributed by atoms with Crippen LogP contribution in [0.4, 0.5) is 0 Å². The van der Waals surface area contributed by atoms with Crippen molar-refractivity contribution >= 4 is 23.4 Å². The largest absolute Gasteiger partial charge is 0.354 e. The van der Waals surface area contributed by atoms with Crippen LogP contribution in [0.3, 0.4) is 0 Å². The monoisotopic (exact) mass is 241 g/mol. The van der Waals surface area contributed by atoms with E-state index >= 15 is 0 Å². The molecular weight excluding hydrogens is 230 g/mol. The molecule has 0 saturated heterocycles. The zero-order valence-corrected chi connectivity index (χ0v) is 9.54. The number of pyridine rings is 1. The molecule has 2 amide bonds. The number of halogens is 1. The van der Waals surface area contributed by atoms with Gasteiger partial charge in [0.2, 0.25) is 5.91 Å². The number of alkyl halides is 1. The lowest BCUT2D eigenvalue weighted by molar-refractivity contribution is -0.118. The molecule has 16 heavy (non-hydrogen) atoms. The maximum atomic E-state index is 11.3. The van der Waals surface area contributed by atoms with Crippen LogP contribution in [0.25, 0.3) is 0 Å². The van der Waals surface area contributed by atoms with Crippen molar-refractivity contribution in [3.05, 3.63) is 29.6 Å². The van der Waals surface area contributed by atoms with Crippen LogP contribution in [0.5, 0.6) is 0 Å². The van der Waals surface area contributed by atoms with E-state index < -0.39 is 0 Å². The first-order chi connectivity index (χ1) is 7.67. The van der Waals surface area contributed by atoms with E-state index in [1.807, 2.05) is 0 Å². The first-order valence-corrected chi connectivity index (χ1v) is 5.20. The number of hydrogen-bond acceptors (Lipinski definition) is 3. The number of carbonyl (C=O) groups is 2. The Hall–Kier alpha value is -1.62. The van der Waals surface area contributed by atoms with Crippen molar-refractivity contribution < 1.29 is 9.59 Å². The van der Waals surface area contributed by atoms with E-state index in [1.165, 1.54) is 13.2 Å². The molecule has 0 aliphatic carbocycles. The van der Waals surface area contributed by atoms with E-state index in [0.29, 0.717) is 12.2 Å². The molecule has 1 rings (SSSR count). The number of nitrogens with zero attached hydrogens (tertiary/aromatic N) is 1. The molecule has 1 heterocycles. The number of nitrogens with one attached hydrogen (secondary N) is 2. The number of hydrogen-bond donors (Lipinski definition) is 2. The molecule has 0 aromatic carbocycles. The van der Waals surface area contributed by atoms with Gasteiger partial charge in [-0.3, -0.25) is 14.6 Å². The third-order valence-electron chi connectivity index (χ3n) is 1.90. The summed E-state index contributed by atoms with van der Waals surface area (Å²) in [5, 5.41) is 5.08. The van der Waals surface area contributed by atoms with Crippen molar-refractivity contribution in [1.29, 1.82) is 0 Å². The fraction of sp³-hybridized carbons (Fsp3) is 0.300. The molecule has 0 saturated carbocycles. The highest BCUT2D eigenvalue weighted by molar-refractivity contribution is 6.27. The Morgan fingerprint density at radius 1 is 1.50 bits per heavy atom. The Balaban J connectivity index is 2.67. The maximum Gasteiger partial charge on any atom is 0.269 e. The van der Waals surface area contributed by atoms with Crippen LogP contribution in [-0.2, 0) is 11.3 Å². The van der Waals surface area contributed by atoms with Gasteiger partial charge in [-0.2, -0.15) is 0 Å². The molecule has 5 nitrogen and oxygen atoms in total. The lowest BCUT2D eigenvalue weighted by Crippen LogP contribution is -2.24. The van der Waals surface area contributed by atoms with E-state index in [2.05, 4.69) is 15.6 Å². The van der Waals surface area contributed by atoms with Crippen molar-refractivity contribution in [2.24, 2.45) is 0 Å². The first kappa shape index (κ1) is 12.4. The van der Waals surface area contributed by atoms with Crippen molar-refractivity contribution in [3.8, 4) is 0 Å². The molecule has 0 aliphatic heterocycles. The van der Waals surface area contributed by atoms with Crippen LogP contribution in [0.2, 0.25) is 0 Å². The normalized spacial score (nSPS) is 9.62. The van der Waals surface area contributed by atoms with Crippen molar-refractivity contribution in [1.82, 2.24) is 15.6 Å². The second kappa shape index (κ2) is 6.07. The quantitative estimate of drug-likeness (QED) is 0.745. The standard InChI is InChI=1S/C10H12ClN3O2/c1-12-10(16)8-4-7(2-3-13-8)6-14-9(15)5-11/h2-4H,5-6H2,1H3,(H,12,16)(H,14,15). The maximum absolute atomic E-state index is 11.3. The van der Waals surface area contributed by atoms with Gasteiger partial charge < -0.3 is 10.6 Å². The van der Waals surface area contributed by atoms with Gasteiger partial charge in [-0.25, -0.2) is 0 Å². The molecule has 86 valence electrons. The Labute approximate surface area is 98.2 Å². The summed E-state index contributed by atoms with van der Waals surface area (Å²) in [6, 6.07) is 3.34. The molecule has 0 radical (unpaired) electrons. The van der Waals surface area contributed by atoms with E-state index in [9.17, 15) is 9.59 Å². The first-order valence-electron chi connectivity index (χ1n) is 4.67. The van der Waals surface area contributed by atoms with Crippen molar-refractivity contribution in [2.75, 3.05) is 12.9 Å². The second-order valence-corrected chi connectivity index (χ2v) is 3.31. The van der Waals surface area contributed by atoms with Gasteiger partial charge in [-0.1, -0.05) is 0 Å². The summed E-state index contributed by atoms with van der Waals surface area (Å²) in [4.78, 5) is 26.1.